The van der Waals surface area contributed by atoms with Crippen LogP contribution in [-0.4, -0.2) is 18.4 Å². The number of hydrogen-bond acceptors (Lipinski definition) is 3. The van der Waals surface area contributed by atoms with Crippen molar-refractivity contribution in [1.82, 2.24) is 5.32 Å². The molecule has 0 aliphatic carbocycles. The number of amides is 2. The second-order valence-corrected chi connectivity index (χ2v) is 8.28. The van der Waals surface area contributed by atoms with Crippen molar-refractivity contribution >= 4 is 17.5 Å². The third kappa shape index (κ3) is 6.23. The van der Waals surface area contributed by atoms with E-state index in [1.54, 1.807) is 17.0 Å². The van der Waals surface area contributed by atoms with Crippen LogP contribution in [0.2, 0.25) is 0 Å². The van der Waals surface area contributed by atoms with Crippen molar-refractivity contribution in [3.8, 4) is 0 Å². The molecule has 1 heterocycles. The Hall–Kier alpha value is -4.12. The van der Waals surface area contributed by atoms with Gasteiger partial charge in [0.1, 0.15) is 0 Å². The summed E-state index contributed by atoms with van der Waals surface area (Å²) in [6, 6.07) is 29.1. The maximum Gasteiger partial charge on any atom is 0.294 e. The molecule has 0 radical (unpaired) electrons. The largest absolute Gasteiger partial charge is 0.459 e. The molecule has 0 saturated carbocycles. The zero-order valence-corrected chi connectivity index (χ0v) is 19.2. The number of aryl methyl sites for hydroxylation is 1. The highest BCUT2D eigenvalue weighted by molar-refractivity contribution is 6.04. The molecule has 0 aliphatic rings. The highest BCUT2D eigenvalue weighted by Gasteiger charge is 2.20. The summed E-state index contributed by atoms with van der Waals surface area (Å²) in [5.74, 6) is 0.0535. The Kier molecular flexibility index (Phi) is 7.56. The van der Waals surface area contributed by atoms with Gasteiger partial charge >= 0.3 is 0 Å². The van der Waals surface area contributed by atoms with Crippen LogP contribution in [-0.2, 0) is 24.2 Å². The number of hydrogen-bond donors (Lipinski definition) is 1. The van der Waals surface area contributed by atoms with Crippen molar-refractivity contribution in [3.05, 3.63) is 125 Å². The first kappa shape index (κ1) is 23.1. The number of carbonyl (C=O) groups excluding carboxylic acids is 2. The third-order valence-corrected chi connectivity index (χ3v) is 5.63. The van der Waals surface area contributed by atoms with Gasteiger partial charge in [-0.3, -0.25) is 9.59 Å². The highest BCUT2D eigenvalue weighted by Crippen LogP contribution is 2.22. The highest BCUT2D eigenvalue weighted by atomic mass is 16.3. The average molecular weight is 453 g/mol. The molecule has 4 aromatic rings. The number of benzene rings is 3. The third-order valence-electron chi connectivity index (χ3n) is 5.63. The molecule has 0 spiro atoms. The molecule has 0 atom stereocenters. The van der Waals surface area contributed by atoms with Gasteiger partial charge in [0.05, 0.1) is 19.2 Å². The minimum absolute atomic E-state index is 0.0214. The zero-order chi connectivity index (χ0) is 23.8. The summed E-state index contributed by atoms with van der Waals surface area (Å²) < 4.78 is 5.36. The number of nitrogens with one attached hydrogen (secondary N) is 1. The summed E-state index contributed by atoms with van der Waals surface area (Å²) in [4.78, 5) is 27.2. The van der Waals surface area contributed by atoms with E-state index in [2.05, 4.69) is 17.4 Å². The second kappa shape index (κ2) is 11.1. The predicted molar refractivity (Wildman–Crippen MR) is 134 cm³/mol. The molecule has 0 saturated heterocycles. The minimum atomic E-state index is -0.211. The second-order valence-electron chi connectivity index (χ2n) is 8.28. The first-order valence-electron chi connectivity index (χ1n) is 11.4. The summed E-state index contributed by atoms with van der Waals surface area (Å²) in [6.45, 7) is 3.05. The first-order chi connectivity index (χ1) is 16.6. The van der Waals surface area contributed by atoms with Crippen LogP contribution in [0.25, 0.3) is 0 Å². The van der Waals surface area contributed by atoms with E-state index < -0.39 is 0 Å². The Morgan fingerprint density at radius 1 is 0.794 bits per heavy atom. The summed E-state index contributed by atoms with van der Waals surface area (Å²) in [7, 11) is 0. The van der Waals surface area contributed by atoms with Gasteiger partial charge in [-0.15, -0.1) is 0 Å². The maximum atomic E-state index is 13.1. The lowest BCUT2D eigenvalue weighted by molar-refractivity contribution is -0.120. The van der Waals surface area contributed by atoms with Crippen molar-refractivity contribution in [2.24, 2.45) is 0 Å². The van der Waals surface area contributed by atoms with E-state index >= 15 is 0 Å². The molecule has 5 nitrogen and oxygen atoms in total. The van der Waals surface area contributed by atoms with Gasteiger partial charge in [-0.2, -0.15) is 0 Å². The van der Waals surface area contributed by atoms with E-state index in [1.807, 2.05) is 73.7 Å². The molecular formula is C29H28N2O3. The Labute approximate surface area is 200 Å². The number of furan rings is 1. The summed E-state index contributed by atoms with van der Waals surface area (Å²) in [5.41, 5.74) is 5.02. The maximum absolute atomic E-state index is 13.1. The fraction of sp³-hybridized carbons (Fsp3) is 0.172. The molecule has 0 unspecified atom stereocenters. The van der Waals surface area contributed by atoms with Gasteiger partial charge < -0.3 is 14.6 Å². The minimum Gasteiger partial charge on any atom is -0.459 e. The van der Waals surface area contributed by atoms with Gasteiger partial charge in [0.2, 0.25) is 5.91 Å². The molecule has 1 N–H and O–H groups in total. The summed E-state index contributed by atoms with van der Waals surface area (Å²) >= 11 is 0. The summed E-state index contributed by atoms with van der Waals surface area (Å²) in [5, 5.41) is 2.98. The molecule has 4 rings (SSSR count). The van der Waals surface area contributed by atoms with Crippen molar-refractivity contribution in [1.29, 1.82) is 0 Å². The van der Waals surface area contributed by atoms with Gasteiger partial charge in [-0.05, 0) is 54.3 Å². The normalized spacial score (nSPS) is 10.6. The summed E-state index contributed by atoms with van der Waals surface area (Å²) in [6.07, 6.45) is 2.59. The molecular weight excluding hydrogens is 424 g/mol. The predicted octanol–water partition coefficient (Wildman–Crippen LogP) is 5.34. The topological polar surface area (TPSA) is 62.6 Å². The fourth-order valence-electron chi connectivity index (χ4n) is 3.72. The Morgan fingerprint density at radius 3 is 2.18 bits per heavy atom. The fourth-order valence-corrected chi connectivity index (χ4v) is 3.72. The molecule has 5 heteroatoms. The van der Waals surface area contributed by atoms with Crippen LogP contribution < -0.4 is 10.2 Å². The molecule has 172 valence electrons. The van der Waals surface area contributed by atoms with Crippen molar-refractivity contribution in [2.45, 2.75) is 26.3 Å². The van der Waals surface area contributed by atoms with Crippen molar-refractivity contribution in [3.63, 3.8) is 0 Å². The lowest BCUT2D eigenvalue weighted by atomic mass is 10.1. The van der Waals surface area contributed by atoms with E-state index in [0.717, 1.165) is 23.2 Å². The Bertz CT molecular complexity index is 1200. The zero-order valence-electron chi connectivity index (χ0n) is 19.2. The monoisotopic (exact) mass is 452 g/mol. The number of nitrogens with zero attached hydrogens (tertiary/aromatic N) is 1. The number of rotatable bonds is 9. The van der Waals surface area contributed by atoms with Crippen molar-refractivity contribution < 1.29 is 14.0 Å². The van der Waals surface area contributed by atoms with Gasteiger partial charge in [-0.1, -0.05) is 72.3 Å². The smallest absolute Gasteiger partial charge is 0.294 e. The van der Waals surface area contributed by atoms with Crippen LogP contribution in [0.15, 0.2) is 102 Å². The van der Waals surface area contributed by atoms with Crippen LogP contribution in [0.5, 0.6) is 0 Å². The molecule has 2 amide bonds. The quantitative estimate of drug-likeness (QED) is 0.373. The van der Waals surface area contributed by atoms with Crippen LogP contribution in [0.4, 0.5) is 5.69 Å². The van der Waals surface area contributed by atoms with Crippen LogP contribution in [0, 0.1) is 6.92 Å². The van der Waals surface area contributed by atoms with E-state index in [-0.39, 0.29) is 17.6 Å². The molecule has 3 aromatic carbocycles. The lowest BCUT2D eigenvalue weighted by Gasteiger charge is -2.22. The van der Waals surface area contributed by atoms with E-state index in [9.17, 15) is 9.59 Å². The average Bonchev–Trinajstić information content (AvgIpc) is 3.40. The molecule has 0 fully saturated rings. The molecule has 0 bridgehead atoms. The van der Waals surface area contributed by atoms with Crippen molar-refractivity contribution in [2.75, 3.05) is 11.4 Å². The van der Waals surface area contributed by atoms with E-state index in [4.69, 9.17) is 4.42 Å². The van der Waals surface area contributed by atoms with Gasteiger partial charge in [0, 0.05) is 12.2 Å². The van der Waals surface area contributed by atoms with E-state index in [1.165, 1.54) is 17.4 Å². The van der Waals surface area contributed by atoms with Gasteiger partial charge in [0.15, 0.2) is 5.76 Å². The standard InChI is InChI=1S/C29H28N2O3/c1-22-9-11-25(12-10-22)21-31(29(33)27-8-5-19-34-27)26-15-13-24(14-16-26)20-28(32)30-18-17-23-6-3-2-4-7-23/h2-16,19H,17-18,20-21H2,1H3,(H,30,32). The van der Waals surface area contributed by atoms with Crippen LogP contribution >= 0.6 is 0 Å². The Morgan fingerprint density at radius 2 is 1.50 bits per heavy atom. The molecule has 0 aliphatic heterocycles. The van der Waals surface area contributed by atoms with Gasteiger partial charge in [-0.25, -0.2) is 0 Å². The van der Waals surface area contributed by atoms with E-state index in [0.29, 0.717) is 19.5 Å². The Balaban J connectivity index is 1.41. The number of carbonyl (C=O) groups is 2. The number of anilines is 1. The SMILES string of the molecule is Cc1ccc(CN(C(=O)c2ccco2)c2ccc(CC(=O)NCCc3ccccc3)cc2)cc1. The lowest BCUT2D eigenvalue weighted by Crippen LogP contribution is -2.30. The van der Waals surface area contributed by atoms with Gasteiger partial charge in [0.25, 0.3) is 5.91 Å². The first-order valence-corrected chi connectivity index (χ1v) is 11.4. The van der Waals surface area contributed by atoms with Crippen LogP contribution in [0.1, 0.15) is 32.8 Å². The molecule has 34 heavy (non-hydrogen) atoms. The molecule has 1 aromatic heterocycles. The van der Waals surface area contributed by atoms with Crippen LogP contribution in [0.3, 0.4) is 0 Å².